The van der Waals surface area contributed by atoms with E-state index in [1.807, 2.05) is 30.3 Å². The molecule has 2 rings (SSSR count). The van der Waals surface area contributed by atoms with Gasteiger partial charge in [0.1, 0.15) is 0 Å². The number of rotatable bonds is 5. The van der Waals surface area contributed by atoms with Gasteiger partial charge >= 0.3 is 0 Å². The molecule has 0 unspecified atom stereocenters. The van der Waals surface area contributed by atoms with Crippen LogP contribution in [0.1, 0.15) is 19.8 Å². The minimum Gasteiger partial charge on any atom is -0.323 e. The number of nitrogens with one attached hydrogen (secondary N) is 1. The maximum atomic E-state index is 3.96. The Kier molecular flexibility index (Phi) is 3.48. The van der Waals surface area contributed by atoms with Crippen LogP contribution in [0.4, 0.5) is 11.6 Å². The molecule has 0 spiro atoms. The van der Waals surface area contributed by atoms with Crippen LogP contribution in [0, 0.1) is 0 Å². The van der Waals surface area contributed by atoms with Gasteiger partial charge in [-0.3, -0.25) is 0 Å². The summed E-state index contributed by atoms with van der Waals surface area (Å²) in [5, 5.41) is 14.8. The van der Waals surface area contributed by atoms with Crippen molar-refractivity contribution in [3.05, 3.63) is 30.3 Å². The van der Waals surface area contributed by atoms with E-state index in [2.05, 4.69) is 27.8 Å². The van der Waals surface area contributed by atoms with E-state index in [1.165, 1.54) is 0 Å². The number of benzene rings is 1. The molecule has 0 radical (unpaired) electrons. The van der Waals surface area contributed by atoms with E-state index < -0.39 is 0 Å². The highest BCUT2D eigenvalue weighted by Crippen LogP contribution is 2.12. The first-order valence-electron chi connectivity index (χ1n) is 5.48. The van der Waals surface area contributed by atoms with Crippen LogP contribution in [-0.2, 0) is 6.54 Å². The molecule has 0 saturated heterocycles. The zero-order valence-corrected chi connectivity index (χ0v) is 9.30. The summed E-state index contributed by atoms with van der Waals surface area (Å²) in [6.07, 6.45) is 2.21. The number of unbranched alkanes of at least 4 members (excludes halogenated alkanes) is 1. The van der Waals surface area contributed by atoms with Gasteiger partial charge in [-0.05, 0) is 29.0 Å². The topological polar surface area (TPSA) is 55.6 Å². The zero-order chi connectivity index (χ0) is 11.2. The third-order valence-electron chi connectivity index (χ3n) is 2.29. The molecule has 0 amide bonds. The molecule has 0 atom stereocenters. The summed E-state index contributed by atoms with van der Waals surface area (Å²) in [6.45, 7) is 2.99. The first kappa shape index (κ1) is 10.6. The lowest BCUT2D eigenvalue weighted by Gasteiger charge is -2.05. The average Bonchev–Trinajstić information content (AvgIpc) is 2.75. The van der Waals surface area contributed by atoms with Gasteiger partial charge in [-0.15, -0.1) is 0 Å². The van der Waals surface area contributed by atoms with E-state index in [4.69, 9.17) is 0 Å². The van der Waals surface area contributed by atoms with Gasteiger partial charge in [-0.2, -0.15) is 0 Å². The Hall–Kier alpha value is -1.91. The van der Waals surface area contributed by atoms with Crippen molar-refractivity contribution in [3.63, 3.8) is 0 Å². The Morgan fingerprint density at radius 2 is 2.06 bits per heavy atom. The van der Waals surface area contributed by atoms with Crippen molar-refractivity contribution in [1.82, 2.24) is 20.2 Å². The number of aromatic nitrogens is 4. The fraction of sp³-hybridized carbons (Fsp3) is 0.364. The molecule has 5 nitrogen and oxygen atoms in total. The van der Waals surface area contributed by atoms with Crippen molar-refractivity contribution < 1.29 is 0 Å². The highest BCUT2D eigenvalue weighted by Gasteiger charge is 2.04. The van der Waals surface area contributed by atoms with E-state index in [0.717, 1.165) is 25.1 Å². The van der Waals surface area contributed by atoms with Crippen LogP contribution in [0.25, 0.3) is 0 Å². The number of aryl methyl sites for hydroxylation is 1. The first-order valence-corrected chi connectivity index (χ1v) is 5.48. The quantitative estimate of drug-likeness (QED) is 0.834. The van der Waals surface area contributed by atoms with Crippen LogP contribution in [0.3, 0.4) is 0 Å². The Labute approximate surface area is 94.5 Å². The molecule has 2 aromatic rings. The summed E-state index contributed by atoms with van der Waals surface area (Å²) >= 11 is 0. The largest absolute Gasteiger partial charge is 0.323 e. The van der Waals surface area contributed by atoms with Crippen molar-refractivity contribution in [3.8, 4) is 0 Å². The molecule has 1 heterocycles. The molecule has 0 aliphatic carbocycles. The molecule has 0 aliphatic rings. The normalized spacial score (nSPS) is 10.3. The summed E-state index contributed by atoms with van der Waals surface area (Å²) in [6, 6.07) is 9.90. The van der Waals surface area contributed by atoms with Gasteiger partial charge in [0, 0.05) is 12.2 Å². The molecule has 16 heavy (non-hydrogen) atoms. The van der Waals surface area contributed by atoms with Gasteiger partial charge in [0.25, 0.3) is 0 Å². The van der Waals surface area contributed by atoms with Gasteiger partial charge in [-0.1, -0.05) is 36.6 Å². The summed E-state index contributed by atoms with van der Waals surface area (Å²) in [5.74, 6) is 0.694. The number of nitrogens with zero attached hydrogens (tertiary/aromatic N) is 4. The maximum absolute atomic E-state index is 3.96. The van der Waals surface area contributed by atoms with E-state index in [-0.39, 0.29) is 0 Å². The molecule has 0 aliphatic heterocycles. The van der Waals surface area contributed by atoms with Crippen LogP contribution in [0.5, 0.6) is 0 Å². The highest BCUT2D eigenvalue weighted by molar-refractivity contribution is 5.52. The van der Waals surface area contributed by atoms with Crippen molar-refractivity contribution in [2.75, 3.05) is 5.32 Å². The van der Waals surface area contributed by atoms with E-state index in [0.29, 0.717) is 5.95 Å². The van der Waals surface area contributed by atoms with Gasteiger partial charge < -0.3 is 5.32 Å². The van der Waals surface area contributed by atoms with Gasteiger partial charge in [0.15, 0.2) is 0 Å². The van der Waals surface area contributed by atoms with E-state index in [1.54, 1.807) is 4.68 Å². The Balaban J connectivity index is 2.07. The van der Waals surface area contributed by atoms with Crippen molar-refractivity contribution in [1.29, 1.82) is 0 Å². The van der Waals surface area contributed by atoms with Crippen LogP contribution in [-0.4, -0.2) is 20.2 Å². The molecule has 1 aromatic carbocycles. The van der Waals surface area contributed by atoms with E-state index >= 15 is 0 Å². The van der Waals surface area contributed by atoms with Gasteiger partial charge in [0.05, 0.1) is 0 Å². The number of tetrazole rings is 1. The molecule has 1 aromatic heterocycles. The lowest BCUT2D eigenvalue weighted by molar-refractivity contribution is 0.558. The smallest absolute Gasteiger partial charge is 0.247 e. The maximum Gasteiger partial charge on any atom is 0.247 e. The Morgan fingerprint density at radius 3 is 2.81 bits per heavy atom. The lowest BCUT2D eigenvalue weighted by Crippen LogP contribution is -2.05. The first-order chi connectivity index (χ1) is 7.90. The lowest BCUT2D eigenvalue weighted by atomic mass is 10.3. The molecule has 0 fully saturated rings. The fourth-order valence-corrected chi connectivity index (χ4v) is 1.40. The number of hydrogen-bond acceptors (Lipinski definition) is 4. The third-order valence-corrected chi connectivity index (χ3v) is 2.29. The van der Waals surface area contributed by atoms with Crippen LogP contribution >= 0.6 is 0 Å². The zero-order valence-electron chi connectivity index (χ0n) is 9.30. The Morgan fingerprint density at radius 1 is 1.25 bits per heavy atom. The molecule has 0 saturated carbocycles. The summed E-state index contributed by atoms with van der Waals surface area (Å²) in [7, 11) is 0. The standard InChI is InChI=1S/C11H15N5/c1-2-3-9-16-11(13-14-15-16)12-10-7-5-4-6-8-10/h4-8H,2-3,9H2,1H3,(H,12,13,15). The highest BCUT2D eigenvalue weighted by atomic mass is 15.6. The second-order valence-corrected chi connectivity index (χ2v) is 3.57. The van der Waals surface area contributed by atoms with Crippen LogP contribution in [0.2, 0.25) is 0 Å². The minimum absolute atomic E-state index is 0.694. The SMILES string of the molecule is CCCCn1nnnc1Nc1ccccc1. The number of para-hydroxylation sites is 1. The third kappa shape index (κ3) is 2.56. The fourth-order valence-electron chi connectivity index (χ4n) is 1.40. The predicted octanol–water partition coefficient (Wildman–Crippen LogP) is 2.22. The van der Waals surface area contributed by atoms with Gasteiger partial charge in [-0.25, -0.2) is 4.68 Å². The molecule has 1 N–H and O–H groups in total. The number of hydrogen-bond donors (Lipinski definition) is 1. The van der Waals surface area contributed by atoms with Crippen LogP contribution in [0.15, 0.2) is 30.3 Å². The average molecular weight is 217 g/mol. The Bertz CT molecular complexity index is 423. The molecular weight excluding hydrogens is 202 g/mol. The predicted molar refractivity (Wildman–Crippen MR) is 62.4 cm³/mol. The second kappa shape index (κ2) is 5.25. The van der Waals surface area contributed by atoms with Crippen molar-refractivity contribution in [2.45, 2.75) is 26.3 Å². The van der Waals surface area contributed by atoms with Gasteiger partial charge in [0.2, 0.25) is 5.95 Å². The van der Waals surface area contributed by atoms with Crippen LogP contribution < -0.4 is 5.32 Å². The monoisotopic (exact) mass is 217 g/mol. The summed E-state index contributed by atoms with van der Waals surface area (Å²) in [4.78, 5) is 0. The minimum atomic E-state index is 0.694. The molecule has 0 bridgehead atoms. The number of anilines is 2. The second-order valence-electron chi connectivity index (χ2n) is 3.57. The summed E-state index contributed by atoms with van der Waals surface area (Å²) in [5.41, 5.74) is 0.995. The van der Waals surface area contributed by atoms with E-state index in [9.17, 15) is 0 Å². The van der Waals surface area contributed by atoms with Crippen molar-refractivity contribution in [2.24, 2.45) is 0 Å². The van der Waals surface area contributed by atoms with Crippen molar-refractivity contribution >= 4 is 11.6 Å². The molecular formula is C11H15N5. The molecule has 5 heteroatoms. The molecule has 84 valence electrons. The summed E-state index contributed by atoms with van der Waals surface area (Å²) < 4.78 is 1.79.